The average molecular weight is 223 g/mol. The van der Waals surface area contributed by atoms with E-state index in [4.69, 9.17) is 0 Å². The van der Waals surface area contributed by atoms with Crippen LogP contribution in [0.1, 0.15) is 38.5 Å². The van der Waals surface area contributed by atoms with Crippen LogP contribution in [0.5, 0.6) is 0 Å². The Hall–Kier alpha value is -0.730. The van der Waals surface area contributed by atoms with E-state index < -0.39 is 0 Å². The normalized spacial score (nSPS) is 25.2. The van der Waals surface area contributed by atoms with Crippen molar-refractivity contribution in [1.82, 2.24) is 9.80 Å². The Bertz CT molecular complexity index is 264. The van der Waals surface area contributed by atoms with Crippen molar-refractivity contribution in [3.05, 3.63) is 0 Å². The molecule has 16 heavy (non-hydrogen) atoms. The van der Waals surface area contributed by atoms with Gasteiger partial charge in [0.1, 0.15) is 0 Å². The number of hydrogen-bond donors (Lipinski definition) is 0. The maximum atomic E-state index is 4.42. The van der Waals surface area contributed by atoms with Gasteiger partial charge in [-0.2, -0.15) is 0 Å². The summed E-state index contributed by atoms with van der Waals surface area (Å²) in [5, 5.41) is 0. The van der Waals surface area contributed by atoms with Crippen LogP contribution in [0, 0.1) is 5.41 Å². The standard InChI is InChI=1S/C13H25N3/c1-14-12(15(2)3)16-10-9-13(11-16)7-5-4-6-8-13/h4-11H2,1-3H3. The van der Waals surface area contributed by atoms with Crippen LogP contribution in [0.3, 0.4) is 0 Å². The minimum atomic E-state index is 0.629. The second-order valence-electron chi connectivity index (χ2n) is 5.65. The van der Waals surface area contributed by atoms with E-state index in [-0.39, 0.29) is 0 Å². The lowest BCUT2D eigenvalue weighted by Crippen LogP contribution is -2.40. The monoisotopic (exact) mass is 223 g/mol. The smallest absolute Gasteiger partial charge is 0.195 e. The molecule has 0 bridgehead atoms. The molecule has 3 heteroatoms. The lowest BCUT2D eigenvalue weighted by molar-refractivity contribution is 0.201. The molecule has 1 aliphatic heterocycles. The van der Waals surface area contributed by atoms with Gasteiger partial charge >= 0.3 is 0 Å². The molecular weight excluding hydrogens is 198 g/mol. The first kappa shape index (κ1) is 11.7. The zero-order valence-corrected chi connectivity index (χ0v) is 11.0. The van der Waals surface area contributed by atoms with Crippen LogP contribution >= 0.6 is 0 Å². The predicted octanol–water partition coefficient (Wildman–Crippen LogP) is 2.19. The van der Waals surface area contributed by atoms with Gasteiger partial charge in [-0.25, -0.2) is 0 Å². The fourth-order valence-corrected chi connectivity index (χ4v) is 3.44. The van der Waals surface area contributed by atoms with Crippen LogP contribution in [0.4, 0.5) is 0 Å². The largest absolute Gasteiger partial charge is 0.349 e. The van der Waals surface area contributed by atoms with Gasteiger partial charge in [0, 0.05) is 34.2 Å². The molecule has 1 aliphatic carbocycles. The quantitative estimate of drug-likeness (QED) is 0.463. The van der Waals surface area contributed by atoms with Crippen LogP contribution < -0.4 is 0 Å². The number of likely N-dealkylation sites (tertiary alicyclic amines) is 1. The zero-order valence-electron chi connectivity index (χ0n) is 11.0. The molecule has 0 radical (unpaired) electrons. The summed E-state index contributed by atoms with van der Waals surface area (Å²) in [5.74, 6) is 1.16. The zero-order chi connectivity index (χ0) is 11.6. The molecule has 2 rings (SSSR count). The van der Waals surface area contributed by atoms with Crippen LogP contribution in [0.15, 0.2) is 4.99 Å². The second-order valence-corrected chi connectivity index (χ2v) is 5.65. The summed E-state index contributed by atoms with van der Waals surface area (Å²) in [4.78, 5) is 9.03. The van der Waals surface area contributed by atoms with Crippen LogP contribution in [-0.2, 0) is 0 Å². The Balaban J connectivity index is 2.01. The van der Waals surface area contributed by atoms with Crippen molar-refractivity contribution in [3.63, 3.8) is 0 Å². The van der Waals surface area contributed by atoms with Gasteiger partial charge in [-0.05, 0) is 24.7 Å². The molecule has 0 aromatic carbocycles. The summed E-state index contributed by atoms with van der Waals surface area (Å²) in [5.41, 5.74) is 0.629. The molecule has 1 spiro atoms. The maximum absolute atomic E-state index is 4.42. The van der Waals surface area contributed by atoms with E-state index in [1.165, 1.54) is 51.6 Å². The first-order chi connectivity index (χ1) is 7.67. The topological polar surface area (TPSA) is 18.8 Å². The molecule has 2 aliphatic rings. The van der Waals surface area contributed by atoms with Crippen molar-refractivity contribution >= 4 is 5.96 Å². The van der Waals surface area contributed by atoms with Gasteiger partial charge in [0.05, 0.1) is 0 Å². The van der Waals surface area contributed by atoms with E-state index in [0.29, 0.717) is 5.41 Å². The highest BCUT2D eigenvalue weighted by molar-refractivity contribution is 5.79. The molecule has 0 atom stereocenters. The molecule has 92 valence electrons. The Morgan fingerprint density at radius 1 is 1.12 bits per heavy atom. The molecule has 0 amide bonds. The first-order valence-corrected chi connectivity index (χ1v) is 6.56. The Labute approximate surface area is 99.5 Å². The average Bonchev–Trinajstić information content (AvgIpc) is 2.64. The van der Waals surface area contributed by atoms with Crippen molar-refractivity contribution in [3.8, 4) is 0 Å². The Morgan fingerprint density at radius 2 is 1.81 bits per heavy atom. The number of aliphatic imine (C=N–C) groups is 1. The lowest BCUT2D eigenvalue weighted by atomic mass is 9.73. The third kappa shape index (κ3) is 2.18. The molecule has 1 saturated carbocycles. The Kier molecular flexibility index (Phi) is 3.41. The van der Waals surface area contributed by atoms with E-state index >= 15 is 0 Å². The summed E-state index contributed by atoms with van der Waals surface area (Å²) in [6.07, 6.45) is 8.58. The van der Waals surface area contributed by atoms with E-state index in [1.807, 2.05) is 7.05 Å². The fourth-order valence-electron chi connectivity index (χ4n) is 3.44. The van der Waals surface area contributed by atoms with Gasteiger partial charge in [-0.1, -0.05) is 19.3 Å². The van der Waals surface area contributed by atoms with E-state index in [9.17, 15) is 0 Å². The summed E-state index contributed by atoms with van der Waals surface area (Å²) < 4.78 is 0. The summed E-state index contributed by atoms with van der Waals surface area (Å²) in [6, 6.07) is 0. The van der Waals surface area contributed by atoms with Crippen molar-refractivity contribution in [2.75, 3.05) is 34.2 Å². The molecule has 0 aromatic heterocycles. The molecule has 2 fully saturated rings. The van der Waals surface area contributed by atoms with Gasteiger partial charge in [0.2, 0.25) is 0 Å². The predicted molar refractivity (Wildman–Crippen MR) is 68.8 cm³/mol. The summed E-state index contributed by atoms with van der Waals surface area (Å²) in [6.45, 7) is 2.43. The maximum Gasteiger partial charge on any atom is 0.195 e. The van der Waals surface area contributed by atoms with Crippen molar-refractivity contribution in [1.29, 1.82) is 0 Å². The van der Waals surface area contributed by atoms with Gasteiger partial charge in [-0.15, -0.1) is 0 Å². The SMILES string of the molecule is CN=C(N(C)C)N1CCC2(CCCCC2)C1. The Morgan fingerprint density at radius 3 is 2.38 bits per heavy atom. The molecular formula is C13H25N3. The molecule has 1 heterocycles. The highest BCUT2D eigenvalue weighted by Crippen LogP contribution is 2.43. The number of rotatable bonds is 0. The lowest BCUT2D eigenvalue weighted by Gasteiger charge is -2.34. The third-order valence-electron chi connectivity index (χ3n) is 4.24. The molecule has 0 aromatic rings. The summed E-state index contributed by atoms with van der Waals surface area (Å²) in [7, 11) is 6.09. The van der Waals surface area contributed by atoms with Gasteiger partial charge < -0.3 is 9.80 Å². The van der Waals surface area contributed by atoms with Gasteiger partial charge in [-0.3, -0.25) is 4.99 Å². The minimum absolute atomic E-state index is 0.629. The van der Waals surface area contributed by atoms with Crippen molar-refractivity contribution in [2.24, 2.45) is 10.4 Å². The van der Waals surface area contributed by atoms with Gasteiger partial charge in [0.15, 0.2) is 5.96 Å². The number of hydrogen-bond acceptors (Lipinski definition) is 1. The van der Waals surface area contributed by atoms with E-state index in [0.717, 1.165) is 5.96 Å². The second kappa shape index (κ2) is 4.64. The third-order valence-corrected chi connectivity index (χ3v) is 4.24. The molecule has 0 unspecified atom stereocenters. The van der Waals surface area contributed by atoms with Crippen molar-refractivity contribution < 1.29 is 0 Å². The minimum Gasteiger partial charge on any atom is -0.349 e. The highest BCUT2D eigenvalue weighted by atomic mass is 15.4. The number of guanidine groups is 1. The van der Waals surface area contributed by atoms with E-state index in [1.54, 1.807) is 0 Å². The van der Waals surface area contributed by atoms with Crippen LogP contribution in [-0.4, -0.2) is 50.0 Å². The van der Waals surface area contributed by atoms with Crippen LogP contribution in [0.25, 0.3) is 0 Å². The van der Waals surface area contributed by atoms with E-state index in [2.05, 4.69) is 28.9 Å². The number of nitrogens with zero attached hydrogens (tertiary/aromatic N) is 3. The highest BCUT2D eigenvalue weighted by Gasteiger charge is 2.39. The summed E-state index contributed by atoms with van der Waals surface area (Å²) >= 11 is 0. The van der Waals surface area contributed by atoms with Crippen LogP contribution in [0.2, 0.25) is 0 Å². The molecule has 1 saturated heterocycles. The molecule has 0 N–H and O–H groups in total. The fraction of sp³-hybridized carbons (Fsp3) is 0.923. The van der Waals surface area contributed by atoms with Gasteiger partial charge in [0.25, 0.3) is 0 Å². The first-order valence-electron chi connectivity index (χ1n) is 6.56. The van der Waals surface area contributed by atoms with Crippen molar-refractivity contribution in [2.45, 2.75) is 38.5 Å². The molecule has 3 nitrogen and oxygen atoms in total.